The van der Waals surface area contributed by atoms with Gasteiger partial charge in [0.05, 0.1) is 26.2 Å². The summed E-state index contributed by atoms with van der Waals surface area (Å²) in [6, 6.07) is 11.4. The van der Waals surface area contributed by atoms with Crippen molar-refractivity contribution in [1.29, 1.82) is 0 Å². The van der Waals surface area contributed by atoms with Crippen molar-refractivity contribution in [2.45, 2.75) is 39.2 Å². The van der Waals surface area contributed by atoms with Gasteiger partial charge < -0.3 is 14.8 Å². The molecular weight excluding hydrogens is 404 g/mol. The number of nitrogens with zero attached hydrogens (tertiary/aromatic N) is 1. The molecule has 0 saturated carbocycles. The van der Waals surface area contributed by atoms with Crippen LogP contribution in [0.2, 0.25) is 0 Å². The zero-order chi connectivity index (χ0) is 22.3. The molecule has 7 nitrogen and oxygen atoms in total. The largest absolute Gasteiger partial charge is 0.497 e. The molecule has 2 aromatic carbocycles. The van der Waals surface area contributed by atoms with Gasteiger partial charge in [-0.15, -0.1) is 0 Å². The minimum Gasteiger partial charge on any atom is -0.497 e. The second-order valence-electron chi connectivity index (χ2n) is 7.06. The molecule has 0 spiro atoms. The molecule has 30 heavy (non-hydrogen) atoms. The molecule has 8 heteroatoms. The van der Waals surface area contributed by atoms with E-state index in [0.717, 1.165) is 29.8 Å². The first-order chi connectivity index (χ1) is 14.2. The number of ether oxygens (including phenoxy) is 2. The Bertz CT molecular complexity index is 958. The number of rotatable bonds is 10. The summed E-state index contributed by atoms with van der Waals surface area (Å²) in [5, 5.41) is 2.80. The molecule has 2 aromatic rings. The SMILES string of the molecule is CCCCc1ccc(NC(=O)C(C)N(c2cc(OC)ccc2OC)S(C)(=O)=O)cc1. The highest BCUT2D eigenvalue weighted by molar-refractivity contribution is 7.92. The number of unbranched alkanes of at least 4 members (excludes halogenated alkanes) is 1. The fourth-order valence-electron chi connectivity index (χ4n) is 3.13. The molecule has 0 bridgehead atoms. The van der Waals surface area contributed by atoms with E-state index >= 15 is 0 Å². The number of sulfonamides is 1. The quantitative estimate of drug-likeness (QED) is 0.614. The van der Waals surface area contributed by atoms with Crippen LogP contribution in [0.4, 0.5) is 11.4 Å². The van der Waals surface area contributed by atoms with E-state index in [1.807, 2.05) is 24.3 Å². The van der Waals surface area contributed by atoms with Crippen LogP contribution in [-0.2, 0) is 21.2 Å². The number of nitrogens with one attached hydrogen (secondary N) is 1. The summed E-state index contributed by atoms with van der Waals surface area (Å²) in [7, 11) is -0.868. The molecule has 1 unspecified atom stereocenters. The number of anilines is 2. The van der Waals surface area contributed by atoms with E-state index in [-0.39, 0.29) is 5.69 Å². The Labute approximate surface area is 179 Å². The lowest BCUT2D eigenvalue weighted by Gasteiger charge is -2.29. The molecule has 0 aromatic heterocycles. The smallest absolute Gasteiger partial charge is 0.247 e. The number of methoxy groups -OCH3 is 2. The maximum Gasteiger partial charge on any atom is 0.247 e. The molecule has 0 aliphatic heterocycles. The molecule has 0 aliphatic carbocycles. The monoisotopic (exact) mass is 434 g/mol. The van der Waals surface area contributed by atoms with Crippen LogP contribution in [0.5, 0.6) is 11.5 Å². The minimum atomic E-state index is -3.79. The Kier molecular flexibility index (Phi) is 8.11. The van der Waals surface area contributed by atoms with Crippen molar-refractivity contribution < 1.29 is 22.7 Å². The first-order valence-electron chi connectivity index (χ1n) is 9.82. The number of carbonyl (C=O) groups is 1. The number of hydrogen-bond donors (Lipinski definition) is 1. The zero-order valence-electron chi connectivity index (χ0n) is 18.1. The van der Waals surface area contributed by atoms with Crippen LogP contribution in [0.3, 0.4) is 0 Å². The molecule has 0 radical (unpaired) electrons. The summed E-state index contributed by atoms with van der Waals surface area (Å²) in [5.74, 6) is 0.322. The Morgan fingerprint density at radius 2 is 1.77 bits per heavy atom. The Hall–Kier alpha value is -2.74. The summed E-state index contributed by atoms with van der Waals surface area (Å²) in [6.07, 6.45) is 4.26. The molecule has 0 saturated heterocycles. The summed E-state index contributed by atoms with van der Waals surface area (Å²) >= 11 is 0. The molecule has 0 aliphatic rings. The van der Waals surface area contributed by atoms with Crippen LogP contribution in [0.25, 0.3) is 0 Å². The van der Waals surface area contributed by atoms with E-state index in [1.54, 1.807) is 12.1 Å². The molecule has 0 fully saturated rings. The second-order valence-corrected chi connectivity index (χ2v) is 8.92. The predicted molar refractivity (Wildman–Crippen MR) is 120 cm³/mol. The number of carbonyl (C=O) groups excluding carboxylic acids is 1. The second kappa shape index (κ2) is 10.3. The van der Waals surface area contributed by atoms with Crippen molar-refractivity contribution in [2.24, 2.45) is 0 Å². The topological polar surface area (TPSA) is 84.9 Å². The van der Waals surface area contributed by atoms with E-state index in [9.17, 15) is 13.2 Å². The highest BCUT2D eigenvalue weighted by Gasteiger charge is 2.31. The van der Waals surface area contributed by atoms with Crippen molar-refractivity contribution in [3.63, 3.8) is 0 Å². The van der Waals surface area contributed by atoms with E-state index in [2.05, 4.69) is 12.2 Å². The first kappa shape index (κ1) is 23.5. The van der Waals surface area contributed by atoms with Gasteiger partial charge in [0, 0.05) is 11.8 Å². The number of amides is 1. The normalized spacial score (nSPS) is 12.2. The van der Waals surface area contributed by atoms with E-state index in [1.165, 1.54) is 32.8 Å². The first-order valence-corrected chi connectivity index (χ1v) is 11.7. The Morgan fingerprint density at radius 3 is 2.30 bits per heavy atom. The van der Waals surface area contributed by atoms with Gasteiger partial charge in [-0.25, -0.2) is 8.42 Å². The Balaban J connectivity index is 2.30. The van der Waals surface area contributed by atoms with Crippen LogP contribution in [0, 0.1) is 0 Å². The van der Waals surface area contributed by atoms with E-state index in [4.69, 9.17) is 9.47 Å². The van der Waals surface area contributed by atoms with Gasteiger partial charge in [0.25, 0.3) is 0 Å². The molecule has 1 atom stereocenters. The average molecular weight is 435 g/mol. The lowest BCUT2D eigenvalue weighted by atomic mass is 10.1. The van der Waals surface area contributed by atoms with Crippen LogP contribution in [0.1, 0.15) is 32.3 Å². The highest BCUT2D eigenvalue weighted by Crippen LogP contribution is 2.35. The third kappa shape index (κ3) is 5.89. The average Bonchev–Trinajstić information content (AvgIpc) is 2.72. The van der Waals surface area contributed by atoms with Crippen molar-refractivity contribution in [3.05, 3.63) is 48.0 Å². The van der Waals surface area contributed by atoms with Crippen molar-refractivity contribution in [2.75, 3.05) is 30.1 Å². The van der Waals surface area contributed by atoms with E-state index in [0.29, 0.717) is 17.2 Å². The summed E-state index contributed by atoms with van der Waals surface area (Å²) in [4.78, 5) is 12.9. The summed E-state index contributed by atoms with van der Waals surface area (Å²) < 4.78 is 36.8. The number of hydrogen-bond acceptors (Lipinski definition) is 5. The van der Waals surface area contributed by atoms with Gasteiger partial charge >= 0.3 is 0 Å². The molecule has 0 heterocycles. The van der Waals surface area contributed by atoms with Crippen LogP contribution in [-0.4, -0.2) is 40.8 Å². The van der Waals surface area contributed by atoms with Crippen LogP contribution < -0.4 is 19.1 Å². The molecule has 2 rings (SSSR count). The fraction of sp³-hybridized carbons (Fsp3) is 0.409. The predicted octanol–water partition coefficient (Wildman–Crippen LogP) is 3.84. The molecular formula is C22H30N2O5S. The molecule has 1 N–H and O–H groups in total. The maximum absolute atomic E-state index is 12.9. The molecule has 1 amide bonds. The van der Waals surface area contributed by atoms with Crippen LogP contribution >= 0.6 is 0 Å². The summed E-state index contributed by atoms with van der Waals surface area (Å²) in [6.45, 7) is 3.67. The lowest BCUT2D eigenvalue weighted by molar-refractivity contribution is -0.116. The lowest BCUT2D eigenvalue weighted by Crippen LogP contribution is -2.45. The number of aryl methyl sites for hydroxylation is 1. The number of benzene rings is 2. The third-order valence-corrected chi connectivity index (χ3v) is 5.98. The standard InChI is InChI=1S/C22H30N2O5S/c1-6-7-8-17-9-11-18(12-10-17)23-22(25)16(2)24(30(5,26)27)20-15-19(28-3)13-14-21(20)29-4/h9-16H,6-8H2,1-5H3,(H,23,25). The maximum atomic E-state index is 12.9. The van der Waals surface area contributed by atoms with Gasteiger partial charge in [0.15, 0.2) is 0 Å². The summed E-state index contributed by atoms with van der Waals surface area (Å²) in [5.41, 5.74) is 2.04. The molecule has 164 valence electrons. The minimum absolute atomic E-state index is 0.233. The third-order valence-electron chi connectivity index (χ3n) is 4.75. The van der Waals surface area contributed by atoms with Crippen molar-refractivity contribution in [3.8, 4) is 11.5 Å². The van der Waals surface area contributed by atoms with Gasteiger partial charge in [-0.05, 0) is 49.6 Å². The zero-order valence-corrected chi connectivity index (χ0v) is 19.0. The van der Waals surface area contributed by atoms with Crippen molar-refractivity contribution >= 4 is 27.3 Å². The van der Waals surface area contributed by atoms with Gasteiger partial charge in [0.2, 0.25) is 15.9 Å². The van der Waals surface area contributed by atoms with Gasteiger partial charge in [-0.1, -0.05) is 25.5 Å². The van der Waals surface area contributed by atoms with Gasteiger partial charge in [-0.2, -0.15) is 0 Å². The fourth-order valence-corrected chi connectivity index (χ4v) is 4.30. The van der Waals surface area contributed by atoms with Crippen LogP contribution in [0.15, 0.2) is 42.5 Å². The van der Waals surface area contributed by atoms with Gasteiger partial charge in [-0.3, -0.25) is 9.10 Å². The van der Waals surface area contributed by atoms with E-state index < -0.39 is 22.0 Å². The highest BCUT2D eigenvalue weighted by atomic mass is 32.2. The Morgan fingerprint density at radius 1 is 1.10 bits per heavy atom. The van der Waals surface area contributed by atoms with Gasteiger partial charge in [0.1, 0.15) is 17.5 Å². The van der Waals surface area contributed by atoms with Crippen molar-refractivity contribution in [1.82, 2.24) is 0 Å².